The van der Waals surface area contributed by atoms with Crippen LogP contribution in [0.2, 0.25) is 0 Å². The van der Waals surface area contributed by atoms with Crippen LogP contribution in [-0.4, -0.2) is 35.1 Å². The topological polar surface area (TPSA) is 40.5 Å². The number of carbonyl (C=O) groups excluding carboxylic acids is 1. The maximum atomic E-state index is 11.2. The van der Waals surface area contributed by atoms with Crippen molar-refractivity contribution in [1.82, 2.24) is 4.90 Å². The van der Waals surface area contributed by atoms with Crippen LogP contribution < -0.4 is 0 Å². The first-order valence-electron chi connectivity index (χ1n) is 3.83. The molecule has 0 saturated heterocycles. The number of rotatable bonds is 3. The van der Waals surface area contributed by atoms with E-state index in [0.717, 1.165) is 0 Å². The molecule has 11 heavy (non-hydrogen) atoms. The summed E-state index contributed by atoms with van der Waals surface area (Å²) in [5, 5.41) is 9.28. The molecular formula is C8H17NO2. The summed E-state index contributed by atoms with van der Waals surface area (Å²) in [5.74, 6) is -0.0139. The van der Waals surface area contributed by atoms with Crippen LogP contribution in [0.4, 0.5) is 0 Å². The van der Waals surface area contributed by atoms with Gasteiger partial charge in [0.2, 0.25) is 5.91 Å². The minimum atomic E-state index is -0.888. The van der Waals surface area contributed by atoms with Crippen molar-refractivity contribution in [2.75, 3.05) is 13.6 Å². The van der Waals surface area contributed by atoms with Crippen molar-refractivity contribution in [2.24, 2.45) is 0 Å². The number of amides is 1. The van der Waals surface area contributed by atoms with Gasteiger partial charge < -0.3 is 10.0 Å². The lowest BCUT2D eigenvalue weighted by Crippen LogP contribution is -2.33. The Kier molecular flexibility index (Phi) is 3.52. The lowest BCUT2D eigenvalue weighted by molar-refractivity contribution is -0.133. The SMILES string of the molecule is CCN(C)C(=O)CC(C)(C)O. The molecule has 0 aliphatic heterocycles. The molecule has 0 fully saturated rings. The van der Waals surface area contributed by atoms with E-state index in [9.17, 15) is 9.90 Å². The molecule has 0 aromatic heterocycles. The maximum Gasteiger partial charge on any atom is 0.225 e. The van der Waals surface area contributed by atoms with E-state index in [0.29, 0.717) is 6.54 Å². The van der Waals surface area contributed by atoms with Crippen molar-refractivity contribution >= 4 is 5.91 Å². The second-order valence-corrected chi connectivity index (χ2v) is 3.40. The quantitative estimate of drug-likeness (QED) is 0.656. The smallest absolute Gasteiger partial charge is 0.225 e. The molecule has 0 aromatic carbocycles. The van der Waals surface area contributed by atoms with E-state index in [-0.39, 0.29) is 12.3 Å². The van der Waals surface area contributed by atoms with Crippen LogP contribution in [0.25, 0.3) is 0 Å². The third-order valence-corrected chi connectivity index (χ3v) is 1.48. The Morgan fingerprint density at radius 1 is 1.55 bits per heavy atom. The molecule has 0 unspecified atom stereocenters. The summed E-state index contributed by atoms with van der Waals surface area (Å²) < 4.78 is 0. The Morgan fingerprint density at radius 2 is 2.00 bits per heavy atom. The maximum absolute atomic E-state index is 11.2. The Balaban J connectivity index is 3.88. The van der Waals surface area contributed by atoms with Crippen LogP contribution in [0.3, 0.4) is 0 Å². The van der Waals surface area contributed by atoms with Crippen LogP contribution in [0.1, 0.15) is 27.2 Å². The number of nitrogens with zero attached hydrogens (tertiary/aromatic N) is 1. The van der Waals surface area contributed by atoms with Gasteiger partial charge in [-0.25, -0.2) is 0 Å². The van der Waals surface area contributed by atoms with E-state index >= 15 is 0 Å². The molecule has 3 heteroatoms. The fourth-order valence-corrected chi connectivity index (χ4v) is 0.681. The molecule has 0 aliphatic carbocycles. The van der Waals surface area contributed by atoms with E-state index in [1.165, 1.54) is 0 Å². The summed E-state index contributed by atoms with van der Waals surface area (Å²) in [7, 11) is 1.73. The fourth-order valence-electron chi connectivity index (χ4n) is 0.681. The Hall–Kier alpha value is -0.570. The number of hydrogen-bond donors (Lipinski definition) is 1. The van der Waals surface area contributed by atoms with Gasteiger partial charge >= 0.3 is 0 Å². The molecule has 0 bridgehead atoms. The third-order valence-electron chi connectivity index (χ3n) is 1.48. The van der Waals surface area contributed by atoms with Gasteiger partial charge in [0.15, 0.2) is 0 Å². The van der Waals surface area contributed by atoms with Crippen LogP contribution in [0.5, 0.6) is 0 Å². The molecule has 0 aromatic rings. The molecule has 0 aliphatic rings. The molecule has 0 atom stereocenters. The van der Waals surface area contributed by atoms with Crippen molar-refractivity contribution in [3.05, 3.63) is 0 Å². The minimum absolute atomic E-state index is 0.0139. The summed E-state index contributed by atoms with van der Waals surface area (Å²) in [6.45, 7) is 5.86. The van der Waals surface area contributed by atoms with Gasteiger partial charge in [0.05, 0.1) is 12.0 Å². The molecule has 0 spiro atoms. The summed E-state index contributed by atoms with van der Waals surface area (Å²) in [4.78, 5) is 12.8. The fraction of sp³-hybridized carbons (Fsp3) is 0.875. The molecule has 1 amide bonds. The predicted molar refractivity (Wildman–Crippen MR) is 44.2 cm³/mol. The standard InChI is InChI=1S/C8H17NO2/c1-5-9(4)7(10)6-8(2,3)11/h11H,5-6H2,1-4H3. The van der Waals surface area contributed by atoms with Gasteiger partial charge in [-0.15, -0.1) is 0 Å². The average molecular weight is 159 g/mol. The second-order valence-electron chi connectivity index (χ2n) is 3.40. The largest absolute Gasteiger partial charge is 0.390 e. The van der Waals surface area contributed by atoms with Crippen LogP contribution in [0, 0.1) is 0 Å². The molecule has 66 valence electrons. The zero-order valence-electron chi connectivity index (χ0n) is 7.72. The van der Waals surface area contributed by atoms with Crippen molar-refractivity contribution in [3.63, 3.8) is 0 Å². The van der Waals surface area contributed by atoms with E-state index < -0.39 is 5.60 Å². The Labute approximate surface area is 68.0 Å². The molecular weight excluding hydrogens is 142 g/mol. The average Bonchev–Trinajstić information content (AvgIpc) is 1.82. The highest BCUT2D eigenvalue weighted by atomic mass is 16.3. The summed E-state index contributed by atoms with van der Waals surface area (Å²) in [6.07, 6.45) is 0.192. The third kappa shape index (κ3) is 4.79. The van der Waals surface area contributed by atoms with Crippen LogP contribution in [0.15, 0.2) is 0 Å². The van der Waals surface area contributed by atoms with E-state index in [2.05, 4.69) is 0 Å². The van der Waals surface area contributed by atoms with Crippen molar-refractivity contribution in [3.8, 4) is 0 Å². The van der Waals surface area contributed by atoms with Crippen molar-refractivity contribution in [2.45, 2.75) is 32.8 Å². The molecule has 0 saturated carbocycles. The monoisotopic (exact) mass is 159 g/mol. The highest BCUT2D eigenvalue weighted by Gasteiger charge is 2.19. The van der Waals surface area contributed by atoms with Crippen molar-refractivity contribution < 1.29 is 9.90 Å². The molecule has 0 rings (SSSR count). The second kappa shape index (κ2) is 3.72. The number of carbonyl (C=O) groups is 1. The highest BCUT2D eigenvalue weighted by molar-refractivity contribution is 5.76. The van der Waals surface area contributed by atoms with Gasteiger partial charge in [-0.2, -0.15) is 0 Å². The first-order valence-corrected chi connectivity index (χ1v) is 3.83. The molecule has 0 radical (unpaired) electrons. The van der Waals surface area contributed by atoms with Gasteiger partial charge in [-0.1, -0.05) is 0 Å². The van der Waals surface area contributed by atoms with Crippen molar-refractivity contribution in [1.29, 1.82) is 0 Å². The van der Waals surface area contributed by atoms with Gasteiger partial charge in [-0.05, 0) is 20.8 Å². The first-order chi connectivity index (χ1) is 4.87. The van der Waals surface area contributed by atoms with Gasteiger partial charge in [0.25, 0.3) is 0 Å². The Bertz CT molecular complexity index is 138. The molecule has 0 heterocycles. The Morgan fingerprint density at radius 3 is 2.27 bits per heavy atom. The normalized spacial score (nSPS) is 11.4. The van der Waals surface area contributed by atoms with E-state index in [1.54, 1.807) is 25.8 Å². The number of aliphatic hydroxyl groups is 1. The lowest BCUT2D eigenvalue weighted by Gasteiger charge is -2.21. The van der Waals surface area contributed by atoms with E-state index in [1.807, 2.05) is 6.92 Å². The minimum Gasteiger partial charge on any atom is -0.390 e. The lowest BCUT2D eigenvalue weighted by atomic mass is 10.1. The van der Waals surface area contributed by atoms with Gasteiger partial charge in [0.1, 0.15) is 0 Å². The zero-order chi connectivity index (χ0) is 9.07. The molecule has 1 N–H and O–H groups in total. The molecule has 3 nitrogen and oxygen atoms in total. The first kappa shape index (κ1) is 10.4. The summed E-state index contributed by atoms with van der Waals surface area (Å²) >= 11 is 0. The van der Waals surface area contributed by atoms with Crippen LogP contribution >= 0.6 is 0 Å². The van der Waals surface area contributed by atoms with E-state index in [4.69, 9.17) is 0 Å². The zero-order valence-corrected chi connectivity index (χ0v) is 7.72. The highest BCUT2D eigenvalue weighted by Crippen LogP contribution is 2.08. The predicted octanol–water partition coefficient (Wildman–Crippen LogP) is 0.626. The van der Waals surface area contributed by atoms with Crippen LogP contribution in [-0.2, 0) is 4.79 Å². The summed E-state index contributed by atoms with van der Waals surface area (Å²) in [6, 6.07) is 0. The van der Waals surface area contributed by atoms with Gasteiger partial charge in [0, 0.05) is 13.6 Å². The van der Waals surface area contributed by atoms with Gasteiger partial charge in [-0.3, -0.25) is 4.79 Å². The number of hydrogen-bond acceptors (Lipinski definition) is 2. The summed E-state index contributed by atoms with van der Waals surface area (Å²) in [5.41, 5.74) is -0.888.